The maximum absolute atomic E-state index is 12.4. The molecule has 1 aliphatic heterocycles. The van der Waals surface area contributed by atoms with Crippen molar-refractivity contribution in [2.75, 3.05) is 0 Å². The Morgan fingerprint density at radius 2 is 1.67 bits per heavy atom. The van der Waals surface area contributed by atoms with E-state index in [1.165, 1.54) is 18.2 Å². The van der Waals surface area contributed by atoms with Crippen molar-refractivity contribution >= 4 is 21.8 Å². The van der Waals surface area contributed by atoms with Gasteiger partial charge in [0.25, 0.3) is 21.8 Å². The first kappa shape index (κ1) is 13.5. The average Bonchev–Trinajstić information content (AvgIpc) is 2.67. The molecule has 2 amide bonds. The molecule has 21 heavy (non-hydrogen) atoms. The van der Waals surface area contributed by atoms with Gasteiger partial charge in [0, 0.05) is 5.56 Å². The molecule has 0 aromatic heterocycles. The summed E-state index contributed by atoms with van der Waals surface area (Å²) in [6.45, 7) is 1.64. The molecule has 0 fully saturated rings. The van der Waals surface area contributed by atoms with Crippen molar-refractivity contribution in [1.29, 1.82) is 0 Å². The van der Waals surface area contributed by atoms with Crippen LogP contribution in [0.1, 0.15) is 26.3 Å². The summed E-state index contributed by atoms with van der Waals surface area (Å²) >= 11 is 0. The van der Waals surface area contributed by atoms with E-state index in [1.54, 1.807) is 37.3 Å². The van der Waals surface area contributed by atoms with E-state index in [1.807, 2.05) is 0 Å². The van der Waals surface area contributed by atoms with E-state index in [2.05, 4.69) is 0 Å². The summed E-state index contributed by atoms with van der Waals surface area (Å²) in [5.74, 6) is -1.63. The van der Waals surface area contributed by atoms with Crippen LogP contribution >= 0.6 is 0 Å². The van der Waals surface area contributed by atoms with Crippen molar-refractivity contribution in [3.05, 3.63) is 65.2 Å². The fourth-order valence-corrected chi connectivity index (χ4v) is 3.93. The number of rotatable bonds is 1. The lowest BCUT2D eigenvalue weighted by molar-refractivity contribution is 0.0739. The molecule has 0 N–H and O–H groups in total. The van der Waals surface area contributed by atoms with Gasteiger partial charge >= 0.3 is 0 Å². The standard InChI is InChI=1S/C15H11NO4S/c1-10-6-5-9-12-13(10)15(18)16(21(12,19)20)14(17)11-7-3-2-4-8-11/h2-9H,1H3. The first-order valence-corrected chi connectivity index (χ1v) is 7.67. The molecule has 1 aliphatic rings. The Balaban J connectivity index is 2.18. The number of aryl methyl sites for hydroxylation is 1. The quantitative estimate of drug-likeness (QED) is 0.755. The van der Waals surface area contributed by atoms with Gasteiger partial charge in [-0.2, -0.15) is 4.31 Å². The maximum atomic E-state index is 12.4. The van der Waals surface area contributed by atoms with Gasteiger partial charge in [-0.25, -0.2) is 8.42 Å². The van der Waals surface area contributed by atoms with Crippen molar-refractivity contribution < 1.29 is 18.0 Å². The lowest BCUT2D eigenvalue weighted by atomic mass is 10.1. The van der Waals surface area contributed by atoms with Gasteiger partial charge in [-0.1, -0.05) is 30.3 Å². The third kappa shape index (κ3) is 1.87. The summed E-state index contributed by atoms with van der Waals surface area (Å²) in [4.78, 5) is 24.6. The number of amides is 2. The third-order valence-corrected chi connectivity index (χ3v) is 5.06. The summed E-state index contributed by atoms with van der Waals surface area (Å²) < 4.78 is 25.2. The van der Waals surface area contributed by atoms with Crippen LogP contribution in [-0.4, -0.2) is 24.5 Å². The molecule has 5 nitrogen and oxygen atoms in total. The van der Waals surface area contributed by atoms with E-state index in [0.717, 1.165) is 0 Å². The normalized spacial score (nSPS) is 15.9. The molecule has 0 radical (unpaired) electrons. The molecule has 0 saturated carbocycles. The van der Waals surface area contributed by atoms with Gasteiger partial charge in [-0.05, 0) is 30.7 Å². The lowest BCUT2D eigenvalue weighted by Gasteiger charge is -2.12. The largest absolute Gasteiger partial charge is 0.276 e. The van der Waals surface area contributed by atoms with Gasteiger partial charge in [-0.3, -0.25) is 9.59 Å². The summed E-state index contributed by atoms with van der Waals surface area (Å²) in [7, 11) is -4.13. The molecule has 2 aromatic rings. The third-order valence-electron chi connectivity index (χ3n) is 3.36. The highest BCUT2D eigenvalue weighted by Gasteiger charge is 2.46. The number of fused-ring (bicyclic) bond motifs is 1. The number of benzene rings is 2. The Hall–Kier alpha value is -2.47. The van der Waals surface area contributed by atoms with Crippen LogP contribution in [0.5, 0.6) is 0 Å². The van der Waals surface area contributed by atoms with Crippen LogP contribution in [0.2, 0.25) is 0 Å². The molecule has 0 unspecified atom stereocenters. The highest BCUT2D eigenvalue weighted by Crippen LogP contribution is 2.33. The van der Waals surface area contributed by atoms with Crippen LogP contribution in [0.4, 0.5) is 0 Å². The Morgan fingerprint density at radius 1 is 1.00 bits per heavy atom. The minimum absolute atomic E-state index is 0.0711. The van der Waals surface area contributed by atoms with E-state index in [0.29, 0.717) is 9.87 Å². The smallest absolute Gasteiger partial charge is 0.267 e. The van der Waals surface area contributed by atoms with Crippen molar-refractivity contribution in [2.45, 2.75) is 11.8 Å². The highest BCUT2D eigenvalue weighted by atomic mass is 32.2. The van der Waals surface area contributed by atoms with E-state index in [-0.39, 0.29) is 16.0 Å². The van der Waals surface area contributed by atoms with Crippen LogP contribution in [0.3, 0.4) is 0 Å². The van der Waals surface area contributed by atoms with Crippen LogP contribution in [0.15, 0.2) is 53.4 Å². The van der Waals surface area contributed by atoms with Crippen LogP contribution in [-0.2, 0) is 10.0 Å². The molecule has 0 spiro atoms. The monoisotopic (exact) mass is 301 g/mol. The summed E-state index contributed by atoms with van der Waals surface area (Å²) in [6.07, 6.45) is 0. The van der Waals surface area contributed by atoms with Gasteiger partial charge in [0.1, 0.15) is 4.90 Å². The molecular formula is C15H11NO4S. The predicted molar refractivity (Wildman–Crippen MR) is 75.3 cm³/mol. The van der Waals surface area contributed by atoms with E-state index < -0.39 is 21.8 Å². The van der Waals surface area contributed by atoms with E-state index >= 15 is 0 Å². The van der Waals surface area contributed by atoms with Crippen LogP contribution in [0, 0.1) is 6.92 Å². The van der Waals surface area contributed by atoms with Crippen molar-refractivity contribution in [1.82, 2.24) is 4.31 Å². The molecule has 0 aliphatic carbocycles. The number of sulfonamides is 1. The number of hydrogen-bond acceptors (Lipinski definition) is 4. The Bertz CT molecular complexity index is 856. The van der Waals surface area contributed by atoms with Crippen molar-refractivity contribution in [3.63, 3.8) is 0 Å². The van der Waals surface area contributed by atoms with Crippen LogP contribution < -0.4 is 0 Å². The molecule has 0 atom stereocenters. The van der Waals surface area contributed by atoms with Gasteiger partial charge in [0.2, 0.25) is 0 Å². The summed E-state index contributed by atoms with van der Waals surface area (Å²) in [5.41, 5.74) is 0.756. The van der Waals surface area contributed by atoms with Gasteiger partial charge in [0.05, 0.1) is 5.56 Å². The number of imide groups is 1. The highest BCUT2D eigenvalue weighted by molar-refractivity contribution is 7.91. The molecule has 0 bridgehead atoms. The number of hydrogen-bond donors (Lipinski definition) is 0. The molecule has 3 rings (SSSR count). The Kier molecular flexibility index (Phi) is 2.91. The first-order valence-electron chi connectivity index (χ1n) is 6.23. The fourth-order valence-electron chi connectivity index (χ4n) is 2.34. The SMILES string of the molecule is Cc1cccc2c1C(=O)N(C(=O)c1ccccc1)S2(=O)=O. The Labute approximate surface area is 121 Å². The first-order chi connectivity index (χ1) is 9.94. The zero-order valence-electron chi connectivity index (χ0n) is 11.1. The average molecular weight is 301 g/mol. The maximum Gasteiger partial charge on any atom is 0.276 e. The summed E-state index contributed by atoms with van der Waals surface area (Å²) in [6, 6.07) is 12.4. The van der Waals surface area contributed by atoms with Gasteiger partial charge in [0.15, 0.2) is 0 Å². The second kappa shape index (κ2) is 4.53. The Morgan fingerprint density at radius 3 is 2.29 bits per heavy atom. The second-order valence-electron chi connectivity index (χ2n) is 4.69. The molecule has 1 heterocycles. The number of carbonyl (C=O) groups excluding carboxylic acids is 2. The molecule has 6 heteroatoms. The molecule has 0 saturated heterocycles. The van der Waals surface area contributed by atoms with Crippen molar-refractivity contribution in [2.24, 2.45) is 0 Å². The fraction of sp³-hybridized carbons (Fsp3) is 0.0667. The zero-order chi connectivity index (χ0) is 15.2. The molecular weight excluding hydrogens is 290 g/mol. The minimum Gasteiger partial charge on any atom is -0.267 e. The minimum atomic E-state index is -4.13. The lowest BCUT2D eigenvalue weighted by Crippen LogP contribution is -2.36. The topological polar surface area (TPSA) is 71.5 Å². The predicted octanol–water partition coefficient (Wildman–Crippen LogP) is 1.98. The zero-order valence-corrected chi connectivity index (χ0v) is 11.9. The van der Waals surface area contributed by atoms with Crippen molar-refractivity contribution in [3.8, 4) is 0 Å². The molecule has 2 aromatic carbocycles. The van der Waals surface area contributed by atoms with Crippen LogP contribution in [0.25, 0.3) is 0 Å². The molecule has 106 valence electrons. The summed E-state index contributed by atoms with van der Waals surface area (Å²) in [5, 5.41) is 0. The number of carbonyl (C=O) groups is 2. The van der Waals surface area contributed by atoms with Gasteiger partial charge in [-0.15, -0.1) is 0 Å². The number of nitrogens with zero attached hydrogens (tertiary/aromatic N) is 1. The van der Waals surface area contributed by atoms with E-state index in [4.69, 9.17) is 0 Å². The van der Waals surface area contributed by atoms with E-state index in [9.17, 15) is 18.0 Å². The van der Waals surface area contributed by atoms with Gasteiger partial charge < -0.3 is 0 Å². The second-order valence-corrected chi connectivity index (χ2v) is 6.45.